The van der Waals surface area contributed by atoms with Crippen molar-refractivity contribution in [2.24, 2.45) is 0 Å². The van der Waals surface area contributed by atoms with Gasteiger partial charge in [0.1, 0.15) is 30.0 Å². The first-order valence-corrected chi connectivity index (χ1v) is 24.2. The monoisotopic (exact) mass is 923 g/mol. The Morgan fingerprint density at radius 3 is 2.43 bits per heavy atom. The number of carbonyl (C=O) groups excluding carboxylic acids is 3. The average molecular weight is 924 g/mol. The third-order valence-electron chi connectivity index (χ3n) is 12.7. The van der Waals surface area contributed by atoms with Crippen molar-refractivity contribution in [3.05, 3.63) is 128 Å². The van der Waals surface area contributed by atoms with Gasteiger partial charge in [0.2, 0.25) is 11.8 Å². The average Bonchev–Trinajstić information content (AvgIpc) is 3.96. The van der Waals surface area contributed by atoms with Crippen molar-refractivity contribution < 1.29 is 28.6 Å². The van der Waals surface area contributed by atoms with Crippen LogP contribution < -0.4 is 35.5 Å². The highest BCUT2D eigenvalue weighted by molar-refractivity contribution is 7.10. The van der Waals surface area contributed by atoms with Gasteiger partial charge in [-0.2, -0.15) is 0 Å². The molecular weight excluding hydrogens is 863 g/mol. The van der Waals surface area contributed by atoms with Crippen LogP contribution >= 0.6 is 11.3 Å². The van der Waals surface area contributed by atoms with Gasteiger partial charge in [0, 0.05) is 46.5 Å². The third-order valence-corrected chi connectivity index (χ3v) is 13.8. The number of hydrogen-bond acceptors (Lipinski definition) is 12. The van der Waals surface area contributed by atoms with E-state index in [1.807, 2.05) is 26.1 Å². The molecule has 2 atom stereocenters. The zero-order valence-corrected chi connectivity index (χ0v) is 39.9. The first-order valence-electron chi connectivity index (χ1n) is 23.3. The number of aryl methyl sites for hydroxylation is 2. The number of aromatic nitrogens is 2. The Morgan fingerprint density at radius 1 is 0.866 bits per heavy atom. The maximum absolute atomic E-state index is 13.2. The highest BCUT2D eigenvalue weighted by Gasteiger charge is 2.40. The molecule has 14 heteroatoms. The number of piperidine rings is 1. The smallest absolute Gasteiger partial charge is 0.255 e. The minimum absolute atomic E-state index is 0.0205. The first kappa shape index (κ1) is 47.2. The van der Waals surface area contributed by atoms with Crippen LogP contribution in [0.15, 0.2) is 84.2 Å². The number of nitrogens with one attached hydrogen (secondary N) is 4. The van der Waals surface area contributed by atoms with Crippen molar-refractivity contribution in [1.29, 1.82) is 0 Å². The first-order chi connectivity index (χ1) is 32.6. The second kappa shape index (κ2) is 22.0. The number of fused-ring (bicyclic) bond motifs is 2. The molecule has 0 saturated carbocycles. The van der Waals surface area contributed by atoms with Crippen molar-refractivity contribution in [2.45, 2.75) is 104 Å². The fraction of sp³-hybridized carbons (Fsp3) is 0.377. The molecule has 1 saturated heterocycles. The number of methoxy groups -OCH3 is 2. The van der Waals surface area contributed by atoms with Gasteiger partial charge < -0.3 is 35.1 Å². The zero-order valence-electron chi connectivity index (χ0n) is 39.1. The lowest BCUT2D eigenvalue weighted by atomic mass is 10.00. The molecule has 2 aromatic heterocycles. The number of hydrogen-bond donors (Lipinski definition) is 4. The van der Waals surface area contributed by atoms with Crippen LogP contribution in [0.3, 0.4) is 0 Å². The van der Waals surface area contributed by atoms with Crippen molar-refractivity contribution in [2.75, 3.05) is 33.1 Å². The molecule has 6 aromatic rings. The summed E-state index contributed by atoms with van der Waals surface area (Å²) in [4.78, 5) is 50.0. The Morgan fingerprint density at radius 2 is 1.64 bits per heavy atom. The van der Waals surface area contributed by atoms with E-state index in [2.05, 4.69) is 88.2 Å². The minimum atomic E-state index is -0.659. The molecule has 13 nitrogen and oxygen atoms in total. The van der Waals surface area contributed by atoms with Gasteiger partial charge >= 0.3 is 0 Å². The number of amides is 3. The lowest BCUT2D eigenvalue weighted by Crippen LogP contribution is -2.52. The van der Waals surface area contributed by atoms with Crippen molar-refractivity contribution in [3.8, 4) is 28.4 Å². The number of nitrogens with zero attached hydrogens (tertiary/aromatic N) is 3. The van der Waals surface area contributed by atoms with Crippen LogP contribution in [-0.4, -0.2) is 66.4 Å². The van der Waals surface area contributed by atoms with Gasteiger partial charge in [-0.05, 0) is 111 Å². The summed E-state index contributed by atoms with van der Waals surface area (Å²) in [6.45, 7) is 7.29. The van der Waals surface area contributed by atoms with E-state index in [-0.39, 0.29) is 30.8 Å². The van der Waals surface area contributed by atoms with E-state index in [4.69, 9.17) is 24.2 Å². The Balaban J connectivity index is 0.790. The van der Waals surface area contributed by atoms with Gasteiger partial charge in [0.15, 0.2) is 11.5 Å². The number of ether oxygens (including phenoxy) is 3. The Hall–Kier alpha value is -6.35. The molecule has 67 heavy (non-hydrogen) atoms. The lowest BCUT2D eigenvalue weighted by molar-refractivity contribution is -0.136. The molecule has 3 amide bonds. The van der Waals surface area contributed by atoms with Crippen LogP contribution in [0, 0.1) is 6.92 Å². The topological polar surface area (TPSA) is 156 Å². The standard InChI is InChI=1S/C53H61N7O6S/c1-33(47-26-38(32-67-47)39-15-11-10-14-37(39)29-54-3)56-51-42-27-46(64-4)50(65-5)41(49(42)57-34(2)58-51)16-9-7-6-8-12-25-55-28-35-19-21-36(22-20-35)31-66-45-18-13-17-40-43(45)30-60(53(40)63)44-23-24-48(61)59-52(44)62/h10-11,13-15,17-22,26-27,32-33,44,54-55H,6-9,12,16,23-25,28-31H2,1-5H3,(H,56,57,58)(H,59,61,62). The summed E-state index contributed by atoms with van der Waals surface area (Å²) in [6, 6.07) is 26.0. The van der Waals surface area contributed by atoms with Crippen LogP contribution in [-0.2, 0) is 42.3 Å². The number of anilines is 1. The third kappa shape index (κ3) is 10.9. The molecule has 8 rings (SSSR count). The molecule has 350 valence electrons. The molecule has 1 fully saturated rings. The Kier molecular flexibility index (Phi) is 15.5. The minimum Gasteiger partial charge on any atom is -0.493 e. The van der Waals surface area contributed by atoms with Gasteiger partial charge in [-0.3, -0.25) is 19.7 Å². The molecule has 0 bridgehead atoms. The van der Waals surface area contributed by atoms with Crippen molar-refractivity contribution >= 4 is 45.8 Å². The molecular formula is C53H61N7O6S. The van der Waals surface area contributed by atoms with E-state index in [1.165, 1.54) is 27.1 Å². The number of imide groups is 1. The maximum Gasteiger partial charge on any atom is 0.255 e. The van der Waals surface area contributed by atoms with E-state index in [1.54, 1.807) is 42.6 Å². The highest BCUT2D eigenvalue weighted by Crippen LogP contribution is 2.41. The van der Waals surface area contributed by atoms with E-state index < -0.39 is 11.9 Å². The maximum atomic E-state index is 13.2. The number of unbranched alkanes of at least 4 members (excludes halogenated alkanes) is 4. The summed E-state index contributed by atoms with van der Waals surface area (Å²) in [7, 11) is 5.36. The molecule has 4 N–H and O–H groups in total. The number of benzene rings is 4. The highest BCUT2D eigenvalue weighted by atomic mass is 32.1. The van der Waals surface area contributed by atoms with Crippen LogP contribution in [0.25, 0.3) is 22.0 Å². The lowest BCUT2D eigenvalue weighted by Gasteiger charge is -2.29. The van der Waals surface area contributed by atoms with Gasteiger partial charge in [-0.15, -0.1) is 11.3 Å². The SMILES string of the molecule is CNCc1ccccc1-c1csc(C(C)Nc2nc(C)nc3c(CCCCCCCNCc4ccc(COc5cccc6c5CN(C5CCC(=O)NC5=O)C6=O)cc4)c(OC)c(OC)cc23)c1. The summed E-state index contributed by atoms with van der Waals surface area (Å²) >= 11 is 1.75. The van der Waals surface area contributed by atoms with Gasteiger partial charge in [0.05, 0.1) is 32.3 Å². The molecule has 0 aliphatic carbocycles. The summed E-state index contributed by atoms with van der Waals surface area (Å²) in [5.74, 6) is 2.59. The normalized spacial score (nSPS) is 15.1. The summed E-state index contributed by atoms with van der Waals surface area (Å²) in [5.41, 5.74) is 9.22. The van der Waals surface area contributed by atoms with Crippen molar-refractivity contribution in [3.63, 3.8) is 0 Å². The van der Waals surface area contributed by atoms with Crippen LogP contribution in [0.4, 0.5) is 5.82 Å². The molecule has 0 spiro atoms. The largest absolute Gasteiger partial charge is 0.493 e. The van der Waals surface area contributed by atoms with E-state index in [0.717, 1.165) is 97.3 Å². The number of thiophene rings is 1. The van der Waals surface area contributed by atoms with Crippen LogP contribution in [0.5, 0.6) is 17.2 Å². The van der Waals surface area contributed by atoms with Gasteiger partial charge in [-0.25, -0.2) is 9.97 Å². The Bertz CT molecular complexity index is 2720. The Labute approximate surface area is 397 Å². The van der Waals surface area contributed by atoms with Crippen LogP contribution in [0.2, 0.25) is 0 Å². The molecule has 4 heterocycles. The predicted molar refractivity (Wildman–Crippen MR) is 264 cm³/mol. The number of rotatable bonds is 22. The van der Waals surface area contributed by atoms with E-state index in [9.17, 15) is 14.4 Å². The van der Waals surface area contributed by atoms with Crippen LogP contribution in [0.1, 0.15) is 107 Å². The quantitative estimate of drug-likeness (QED) is 0.0381. The molecule has 0 radical (unpaired) electrons. The zero-order chi connectivity index (χ0) is 46.9. The summed E-state index contributed by atoms with van der Waals surface area (Å²) in [6.07, 6.45) is 6.82. The second-order valence-electron chi connectivity index (χ2n) is 17.4. The van der Waals surface area contributed by atoms with E-state index >= 15 is 0 Å². The summed E-state index contributed by atoms with van der Waals surface area (Å²) < 4.78 is 18.1. The van der Waals surface area contributed by atoms with Gasteiger partial charge in [-0.1, -0.05) is 73.9 Å². The fourth-order valence-electron chi connectivity index (χ4n) is 9.18. The molecule has 2 aliphatic heterocycles. The van der Waals surface area contributed by atoms with Crippen molar-refractivity contribution in [1.82, 2.24) is 30.8 Å². The van der Waals surface area contributed by atoms with Gasteiger partial charge in [0.25, 0.3) is 5.91 Å². The molecule has 2 unspecified atom stereocenters. The fourth-order valence-corrected chi connectivity index (χ4v) is 10.1. The predicted octanol–water partition coefficient (Wildman–Crippen LogP) is 9.20. The summed E-state index contributed by atoms with van der Waals surface area (Å²) in [5, 5.41) is 16.1. The molecule has 4 aromatic carbocycles. The van der Waals surface area contributed by atoms with E-state index in [0.29, 0.717) is 35.9 Å². The number of carbonyl (C=O) groups is 3. The second-order valence-corrected chi connectivity index (χ2v) is 18.3. The molecule has 2 aliphatic rings.